The lowest BCUT2D eigenvalue weighted by Gasteiger charge is -2.13. The Hall–Kier alpha value is -4.28. The van der Waals surface area contributed by atoms with Gasteiger partial charge in [-0.1, -0.05) is 41.9 Å². The van der Waals surface area contributed by atoms with Gasteiger partial charge in [0.25, 0.3) is 11.1 Å². The number of benzene rings is 3. The molecule has 0 aliphatic carbocycles. The summed E-state index contributed by atoms with van der Waals surface area (Å²) in [6, 6.07) is 20.7. The normalized spacial score (nSPS) is 13.9. The first kappa shape index (κ1) is 27.7. The van der Waals surface area contributed by atoms with E-state index in [4.69, 9.17) is 21.1 Å². The van der Waals surface area contributed by atoms with Crippen LogP contribution in [0, 0.1) is 0 Å². The molecule has 4 rings (SSSR count). The van der Waals surface area contributed by atoms with Crippen LogP contribution < -0.4 is 14.8 Å². The van der Waals surface area contributed by atoms with Gasteiger partial charge < -0.3 is 19.5 Å². The maximum atomic E-state index is 12.8. The van der Waals surface area contributed by atoms with Crippen molar-refractivity contribution >= 4 is 58.1 Å². The van der Waals surface area contributed by atoms with Crippen molar-refractivity contribution in [3.05, 3.63) is 93.9 Å². The van der Waals surface area contributed by atoms with Crippen molar-refractivity contribution in [3.63, 3.8) is 0 Å². The summed E-state index contributed by atoms with van der Waals surface area (Å²) < 4.78 is 15.9. The fourth-order valence-corrected chi connectivity index (χ4v) is 4.53. The highest BCUT2D eigenvalue weighted by molar-refractivity contribution is 8.18. The molecule has 1 fully saturated rings. The molecule has 1 N–H and O–H groups in total. The number of nitrogens with one attached hydrogen (secondary N) is 1. The third kappa shape index (κ3) is 7.40. The summed E-state index contributed by atoms with van der Waals surface area (Å²) in [6.07, 6.45) is 1.58. The second kappa shape index (κ2) is 13.0. The summed E-state index contributed by atoms with van der Waals surface area (Å²) in [5, 5.41) is 2.15. The van der Waals surface area contributed by atoms with E-state index in [1.807, 2.05) is 30.3 Å². The van der Waals surface area contributed by atoms with Gasteiger partial charge in [0.2, 0.25) is 5.91 Å². The number of anilines is 1. The number of nitrogens with zero attached hydrogens (tertiary/aromatic N) is 1. The van der Waals surface area contributed by atoms with E-state index < -0.39 is 29.6 Å². The number of hydrogen-bond donors (Lipinski definition) is 1. The van der Waals surface area contributed by atoms with Crippen molar-refractivity contribution in [2.75, 3.05) is 32.2 Å². The smallest absolute Gasteiger partial charge is 0.339 e. The molecule has 0 bridgehead atoms. The number of para-hydroxylation sites is 1. The quantitative estimate of drug-likeness (QED) is 0.201. The number of carbonyl (C=O) groups excluding carboxylic acids is 4. The molecule has 0 saturated carbocycles. The third-order valence-corrected chi connectivity index (χ3v) is 6.61. The van der Waals surface area contributed by atoms with Crippen LogP contribution >= 0.6 is 23.4 Å². The number of amides is 3. The molecule has 0 unspecified atom stereocenters. The number of halogens is 1. The average molecular weight is 567 g/mol. The third-order valence-electron chi connectivity index (χ3n) is 5.37. The summed E-state index contributed by atoms with van der Waals surface area (Å²) in [5.74, 6) is -0.463. The first-order valence-electron chi connectivity index (χ1n) is 11.7. The molecule has 3 amide bonds. The van der Waals surface area contributed by atoms with Crippen LogP contribution in [-0.4, -0.2) is 54.8 Å². The van der Waals surface area contributed by atoms with Crippen LogP contribution in [0.1, 0.15) is 15.9 Å². The highest BCUT2D eigenvalue weighted by Gasteiger charge is 2.36. The van der Waals surface area contributed by atoms with Gasteiger partial charge >= 0.3 is 5.97 Å². The Morgan fingerprint density at radius 3 is 2.28 bits per heavy atom. The Labute approximate surface area is 233 Å². The molecule has 39 heavy (non-hydrogen) atoms. The topological polar surface area (TPSA) is 111 Å². The van der Waals surface area contributed by atoms with E-state index in [0.717, 1.165) is 22.4 Å². The number of hydrogen-bond acceptors (Lipinski definition) is 8. The van der Waals surface area contributed by atoms with Gasteiger partial charge in [0.05, 0.1) is 22.6 Å². The molecule has 1 aliphatic rings. The lowest BCUT2D eigenvalue weighted by molar-refractivity contribution is -0.127. The van der Waals surface area contributed by atoms with E-state index in [1.54, 1.807) is 30.3 Å². The predicted molar refractivity (Wildman–Crippen MR) is 148 cm³/mol. The van der Waals surface area contributed by atoms with Crippen molar-refractivity contribution in [1.82, 2.24) is 4.90 Å². The Kier molecular flexibility index (Phi) is 9.24. The van der Waals surface area contributed by atoms with Crippen molar-refractivity contribution in [2.45, 2.75) is 0 Å². The molecule has 11 heteroatoms. The van der Waals surface area contributed by atoms with Crippen molar-refractivity contribution in [2.24, 2.45) is 0 Å². The Morgan fingerprint density at radius 2 is 1.62 bits per heavy atom. The molecule has 0 radical (unpaired) electrons. The molecular formula is C28H23ClN2O7S. The predicted octanol–water partition coefficient (Wildman–Crippen LogP) is 5.26. The highest BCUT2D eigenvalue weighted by atomic mass is 35.5. The monoisotopic (exact) mass is 566 g/mol. The number of ether oxygens (including phenoxy) is 3. The number of rotatable bonds is 10. The molecule has 1 aliphatic heterocycles. The fraction of sp³-hybridized carbons (Fsp3) is 0.143. The second-order valence-corrected chi connectivity index (χ2v) is 9.48. The standard InChI is InChI=1S/C28H23ClN2O7S/c1-36-27(34)22-16-19(9-12-23(22)29)30-25(32)17-31-26(33)24(39-28(31)35)15-18-7-10-21(11-8-18)38-14-13-37-20-5-3-2-4-6-20/h2-12,15-16H,13-14,17H2,1H3,(H,30,32)/b24-15+. The van der Waals surface area contributed by atoms with E-state index in [9.17, 15) is 19.2 Å². The van der Waals surface area contributed by atoms with Crippen molar-refractivity contribution < 1.29 is 33.4 Å². The van der Waals surface area contributed by atoms with Gasteiger partial charge in [0, 0.05) is 5.69 Å². The maximum Gasteiger partial charge on any atom is 0.339 e. The first-order chi connectivity index (χ1) is 18.8. The fourth-order valence-electron chi connectivity index (χ4n) is 3.50. The van der Waals surface area contributed by atoms with Crippen LogP contribution in [0.5, 0.6) is 11.5 Å². The minimum atomic E-state index is -0.663. The number of carbonyl (C=O) groups is 4. The zero-order valence-electron chi connectivity index (χ0n) is 20.7. The lowest BCUT2D eigenvalue weighted by Crippen LogP contribution is -2.36. The number of imide groups is 1. The molecule has 9 nitrogen and oxygen atoms in total. The van der Waals surface area contributed by atoms with E-state index in [1.165, 1.54) is 25.3 Å². The number of methoxy groups -OCH3 is 1. The Bertz CT molecular complexity index is 1410. The number of esters is 1. The molecule has 200 valence electrons. The number of thioether (sulfide) groups is 1. The minimum Gasteiger partial charge on any atom is -0.490 e. The largest absolute Gasteiger partial charge is 0.490 e. The van der Waals surface area contributed by atoms with Crippen LogP contribution in [0.25, 0.3) is 6.08 Å². The SMILES string of the molecule is COC(=O)c1cc(NC(=O)CN2C(=O)S/C(=C/c3ccc(OCCOc4ccccc4)cc3)C2=O)ccc1Cl. The summed E-state index contributed by atoms with van der Waals surface area (Å²) in [7, 11) is 1.21. The summed E-state index contributed by atoms with van der Waals surface area (Å²) in [4.78, 5) is 50.6. The molecule has 1 saturated heterocycles. The van der Waals surface area contributed by atoms with E-state index in [0.29, 0.717) is 24.5 Å². The first-order valence-corrected chi connectivity index (χ1v) is 12.9. The van der Waals surface area contributed by atoms with Gasteiger partial charge in [-0.3, -0.25) is 19.3 Å². The van der Waals surface area contributed by atoms with E-state index in [-0.39, 0.29) is 21.2 Å². The van der Waals surface area contributed by atoms with Gasteiger partial charge in [-0.25, -0.2) is 4.79 Å². The summed E-state index contributed by atoms with van der Waals surface area (Å²) in [5.41, 5.74) is 1.03. The van der Waals surface area contributed by atoms with E-state index in [2.05, 4.69) is 10.1 Å². The highest BCUT2D eigenvalue weighted by Crippen LogP contribution is 2.32. The molecular weight excluding hydrogens is 544 g/mol. The van der Waals surface area contributed by atoms with Crippen LogP contribution in [-0.2, 0) is 14.3 Å². The lowest BCUT2D eigenvalue weighted by atomic mass is 10.2. The van der Waals surface area contributed by atoms with Gasteiger partial charge in [-0.2, -0.15) is 0 Å². The van der Waals surface area contributed by atoms with Gasteiger partial charge in [0.15, 0.2) is 0 Å². The maximum absolute atomic E-state index is 12.8. The molecule has 1 heterocycles. The van der Waals surface area contributed by atoms with Gasteiger partial charge in [0.1, 0.15) is 31.3 Å². The molecule has 0 spiro atoms. The average Bonchev–Trinajstić information content (AvgIpc) is 3.20. The minimum absolute atomic E-state index is 0.0722. The van der Waals surface area contributed by atoms with Gasteiger partial charge in [-0.15, -0.1) is 0 Å². The van der Waals surface area contributed by atoms with Gasteiger partial charge in [-0.05, 0) is 65.9 Å². The Balaban J connectivity index is 1.30. The van der Waals surface area contributed by atoms with Crippen LogP contribution in [0.4, 0.5) is 10.5 Å². The van der Waals surface area contributed by atoms with Crippen LogP contribution in [0.2, 0.25) is 5.02 Å². The van der Waals surface area contributed by atoms with Crippen LogP contribution in [0.3, 0.4) is 0 Å². The molecule has 0 atom stereocenters. The molecule has 3 aromatic rings. The zero-order valence-corrected chi connectivity index (χ0v) is 22.3. The second-order valence-electron chi connectivity index (χ2n) is 8.08. The van der Waals surface area contributed by atoms with E-state index >= 15 is 0 Å². The molecule has 3 aromatic carbocycles. The summed E-state index contributed by atoms with van der Waals surface area (Å²) in [6.45, 7) is 0.252. The zero-order chi connectivity index (χ0) is 27.8. The Morgan fingerprint density at radius 1 is 0.949 bits per heavy atom. The summed E-state index contributed by atoms with van der Waals surface area (Å²) >= 11 is 6.74. The van der Waals surface area contributed by atoms with Crippen molar-refractivity contribution in [3.8, 4) is 11.5 Å². The van der Waals surface area contributed by atoms with Crippen LogP contribution in [0.15, 0.2) is 77.7 Å². The molecule has 0 aromatic heterocycles. The van der Waals surface area contributed by atoms with Crippen molar-refractivity contribution in [1.29, 1.82) is 0 Å².